The van der Waals surface area contributed by atoms with Crippen molar-refractivity contribution in [3.63, 3.8) is 0 Å². The molecule has 0 radical (unpaired) electrons. The van der Waals surface area contributed by atoms with E-state index in [0.29, 0.717) is 18.3 Å². The largest absolute Gasteiger partial charge is 0.465 e. The first-order chi connectivity index (χ1) is 9.22. The molecule has 2 unspecified atom stereocenters. The molecule has 0 fully saturated rings. The monoisotopic (exact) mass is 277 g/mol. The van der Waals surface area contributed by atoms with Crippen LogP contribution in [-0.2, 0) is 9.53 Å². The summed E-state index contributed by atoms with van der Waals surface area (Å²) < 4.78 is 5.25. The first kappa shape index (κ1) is 13.9. The first-order valence-electron chi connectivity index (χ1n) is 6.45. The van der Waals surface area contributed by atoms with E-state index in [4.69, 9.17) is 4.74 Å². The molecule has 0 N–H and O–H groups in total. The van der Waals surface area contributed by atoms with Crippen LogP contribution in [0.15, 0.2) is 42.1 Å². The summed E-state index contributed by atoms with van der Waals surface area (Å²) in [6.45, 7) is 4.45. The lowest BCUT2D eigenvalue weighted by Gasteiger charge is -2.25. The summed E-state index contributed by atoms with van der Waals surface area (Å²) in [7, 11) is -0.406. The highest BCUT2D eigenvalue weighted by Gasteiger charge is 2.20. The van der Waals surface area contributed by atoms with E-state index in [2.05, 4.69) is 29.5 Å². The second kappa shape index (κ2) is 6.57. The Labute approximate surface area is 116 Å². The number of carbonyl (C=O) groups excluding carboxylic acids is 1. The van der Waals surface area contributed by atoms with E-state index in [1.807, 2.05) is 31.5 Å². The molecule has 0 spiro atoms. The van der Waals surface area contributed by atoms with Gasteiger partial charge in [-0.25, -0.2) is 10.9 Å². The van der Waals surface area contributed by atoms with E-state index in [1.165, 1.54) is 10.5 Å². The molecular weight excluding hydrogens is 258 g/mol. The smallest absolute Gasteiger partial charge is 0.305 e. The van der Waals surface area contributed by atoms with Crippen molar-refractivity contribution in [3.8, 4) is 0 Å². The fraction of sp³-hybridized carbons (Fsp3) is 0.333. The lowest BCUT2D eigenvalue weighted by Crippen LogP contribution is -2.15. The zero-order valence-electron chi connectivity index (χ0n) is 11.2. The second-order valence-corrected chi connectivity index (χ2v) is 6.90. The Morgan fingerprint density at radius 2 is 2.16 bits per heavy atom. The fourth-order valence-corrected chi connectivity index (χ4v) is 4.08. The highest BCUT2D eigenvalue weighted by atomic mass is 32.2. The number of esters is 1. The minimum absolute atomic E-state index is 0.125. The van der Waals surface area contributed by atoms with Gasteiger partial charge in [0.1, 0.15) is 6.61 Å². The van der Waals surface area contributed by atoms with Gasteiger partial charge < -0.3 is 4.74 Å². The minimum Gasteiger partial charge on any atom is -0.465 e. The molecule has 19 heavy (non-hydrogen) atoms. The first-order valence-corrected chi connectivity index (χ1v) is 7.93. The maximum absolute atomic E-state index is 11.2. The maximum Gasteiger partial charge on any atom is 0.305 e. The lowest BCUT2D eigenvalue weighted by atomic mass is 10.2. The van der Waals surface area contributed by atoms with Crippen molar-refractivity contribution in [2.45, 2.75) is 25.5 Å². The fourth-order valence-electron chi connectivity index (χ4n) is 1.94. The SMILES string of the molecule is CCC(=O)OCC(C)[SH]1C=CC=C1c1ccncc1. The topological polar surface area (TPSA) is 39.2 Å². The molecule has 1 aromatic rings. The van der Waals surface area contributed by atoms with Crippen LogP contribution in [0.5, 0.6) is 0 Å². The summed E-state index contributed by atoms with van der Waals surface area (Å²) in [5.74, 6) is -0.125. The van der Waals surface area contributed by atoms with Crippen LogP contribution in [-0.4, -0.2) is 22.8 Å². The van der Waals surface area contributed by atoms with Crippen LogP contribution in [0.25, 0.3) is 4.91 Å². The standard InChI is InChI=1S/C15H19NO2S/c1-3-15(17)18-11-12(2)19-10-4-5-14(19)13-6-8-16-9-7-13/h4-10,12,19H,3,11H2,1-2H3. The summed E-state index contributed by atoms with van der Waals surface area (Å²) in [5.41, 5.74) is 1.21. The highest BCUT2D eigenvalue weighted by molar-refractivity contribution is 8.28. The Kier molecular flexibility index (Phi) is 4.80. The van der Waals surface area contributed by atoms with Crippen LogP contribution in [0, 0.1) is 0 Å². The quantitative estimate of drug-likeness (QED) is 0.663. The van der Waals surface area contributed by atoms with E-state index >= 15 is 0 Å². The molecule has 0 aliphatic carbocycles. The summed E-state index contributed by atoms with van der Waals surface area (Å²) in [6.07, 6.45) is 8.31. The van der Waals surface area contributed by atoms with Crippen LogP contribution in [0.3, 0.4) is 0 Å². The van der Waals surface area contributed by atoms with Gasteiger partial charge in [0.2, 0.25) is 0 Å². The Morgan fingerprint density at radius 1 is 1.42 bits per heavy atom. The van der Waals surface area contributed by atoms with Gasteiger partial charge in [-0.3, -0.25) is 9.78 Å². The molecule has 0 amide bonds. The molecule has 3 nitrogen and oxygen atoms in total. The average molecular weight is 277 g/mol. The molecule has 2 atom stereocenters. The Morgan fingerprint density at radius 3 is 2.84 bits per heavy atom. The normalized spacial score (nSPS) is 20.9. The molecule has 0 bridgehead atoms. The molecule has 0 aromatic carbocycles. The zero-order chi connectivity index (χ0) is 13.7. The molecule has 0 saturated carbocycles. The number of aromatic nitrogens is 1. The minimum atomic E-state index is -0.406. The molecular formula is C15H19NO2S. The average Bonchev–Trinajstić information content (AvgIpc) is 2.94. The second-order valence-electron chi connectivity index (χ2n) is 4.42. The van der Waals surface area contributed by atoms with Gasteiger partial charge in [-0.15, -0.1) is 0 Å². The van der Waals surface area contributed by atoms with Gasteiger partial charge in [-0.2, -0.15) is 0 Å². The lowest BCUT2D eigenvalue weighted by molar-refractivity contribution is -0.143. The third-order valence-corrected chi connectivity index (χ3v) is 5.56. The molecule has 2 heterocycles. The number of carbonyl (C=O) groups is 1. The molecule has 1 aliphatic heterocycles. The number of nitrogens with zero attached hydrogens (tertiary/aromatic N) is 1. The van der Waals surface area contributed by atoms with Crippen LogP contribution in [0.1, 0.15) is 25.8 Å². The van der Waals surface area contributed by atoms with Crippen molar-refractivity contribution in [2.24, 2.45) is 0 Å². The number of pyridine rings is 1. The van der Waals surface area contributed by atoms with Gasteiger partial charge in [-0.05, 0) is 34.1 Å². The third-order valence-electron chi connectivity index (χ3n) is 3.00. The van der Waals surface area contributed by atoms with Crippen molar-refractivity contribution in [2.75, 3.05) is 6.61 Å². The number of thiol groups is 1. The van der Waals surface area contributed by atoms with Crippen molar-refractivity contribution in [3.05, 3.63) is 47.6 Å². The molecule has 2 rings (SSSR count). The molecule has 0 saturated heterocycles. The third kappa shape index (κ3) is 3.47. The van der Waals surface area contributed by atoms with Crippen LogP contribution < -0.4 is 0 Å². The number of allylic oxidation sites excluding steroid dienone is 2. The Balaban J connectivity index is 2.02. The van der Waals surface area contributed by atoms with Crippen LogP contribution >= 0.6 is 10.9 Å². The number of hydrogen-bond acceptors (Lipinski definition) is 3. The highest BCUT2D eigenvalue weighted by Crippen LogP contribution is 2.50. The summed E-state index contributed by atoms with van der Waals surface area (Å²) in [4.78, 5) is 16.6. The van der Waals surface area contributed by atoms with Crippen molar-refractivity contribution >= 4 is 21.8 Å². The van der Waals surface area contributed by atoms with Gasteiger partial charge in [0.05, 0.1) is 0 Å². The van der Waals surface area contributed by atoms with E-state index in [0.717, 1.165) is 0 Å². The van der Waals surface area contributed by atoms with Gasteiger partial charge >= 0.3 is 5.97 Å². The zero-order valence-corrected chi connectivity index (χ0v) is 12.1. The summed E-state index contributed by atoms with van der Waals surface area (Å²) in [6, 6.07) is 4.05. The van der Waals surface area contributed by atoms with E-state index in [9.17, 15) is 4.79 Å². The van der Waals surface area contributed by atoms with Gasteiger partial charge in [0, 0.05) is 24.1 Å². The molecule has 102 valence electrons. The maximum atomic E-state index is 11.2. The number of ether oxygens (including phenoxy) is 1. The molecule has 1 aliphatic rings. The van der Waals surface area contributed by atoms with Crippen molar-refractivity contribution in [1.82, 2.24) is 4.98 Å². The predicted octanol–water partition coefficient (Wildman–Crippen LogP) is 3.29. The molecule has 4 heteroatoms. The number of hydrogen-bond donors (Lipinski definition) is 1. The summed E-state index contributed by atoms with van der Waals surface area (Å²) >= 11 is 0. The van der Waals surface area contributed by atoms with Gasteiger partial charge in [-0.1, -0.05) is 19.9 Å². The van der Waals surface area contributed by atoms with Crippen molar-refractivity contribution < 1.29 is 9.53 Å². The van der Waals surface area contributed by atoms with Crippen molar-refractivity contribution in [1.29, 1.82) is 0 Å². The Bertz CT molecular complexity index is 496. The van der Waals surface area contributed by atoms with E-state index in [1.54, 1.807) is 0 Å². The van der Waals surface area contributed by atoms with Crippen LogP contribution in [0.4, 0.5) is 0 Å². The van der Waals surface area contributed by atoms with E-state index in [-0.39, 0.29) is 5.97 Å². The van der Waals surface area contributed by atoms with Crippen LogP contribution in [0.2, 0.25) is 0 Å². The summed E-state index contributed by atoms with van der Waals surface area (Å²) in [5, 5.41) is 2.57. The molecule has 1 aromatic heterocycles. The van der Waals surface area contributed by atoms with Gasteiger partial charge in [0.25, 0.3) is 0 Å². The van der Waals surface area contributed by atoms with Gasteiger partial charge in [0.15, 0.2) is 0 Å². The van der Waals surface area contributed by atoms with E-state index < -0.39 is 10.9 Å². The number of rotatable bonds is 5. The Hall–Kier alpha value is -1.55. The predicted molar refractivity (Wildman–Crippen MR) is 81.1 cm³/mol.